The lowest BCUT2D eigenvalue weighted by Gasteiger charge is -2.37. The van der Waals surface area contributed by atoms with E-state index < -0.39 is 0 Å². The normalized spacial score (nSPS) is 18.6. The number of hydrogen-bond acceptors (Lipinski definition) is 6. The minimum atomic E-state index is -0.377. The number of aryl methyl sites for hydroxylation is 2. The Morgan fingerprint density at radius 2 is 1.94 bits per heavy atom. The van der Waals surface area contributed by atoms with Crippen LogP contribution in [0.2, 0.25) is 0 Å². The van der Waals surface area contributed by atoms with Crippen molar-refractivity contribution in [1.29, 1.82) is 0 Å². The molecule has 3 aromatic rings. The SMILES string of the molecule is Cc1cc(-c2c(F)cc(N3C[C@@H](C)O[C@@H](C)C3)cc2CNC(=O)c2cc(C)on2)ccn1. The molecule has 1 N–H and O–H groups in total. The van der Waals surface area contributed by atoms with E-state index >= 15 is 4.39 Å². The minimum absolute atomic E-state index is 0.0443. The maximum absolute atomic E-state index is 15.5. The number of nitrogens with one attached hydrogen (secondary N) is 1. The van der Waals surface area contributed by atoms with Gasteiger partial charge in [-0.1, -0.05) is 5.16 Å². The molecule has 168 valence electrons. The highest BCUT2D eigenvalue weighted by Crippen LogP contribution is 2.32. The molecule has 8 heteroatoms. The first-order chi connectivity index (χ1) is 15.3. The van der Waals surface area contributed by atoms with Crippen LogP contribution in [0.4, 0.5) is 10.1 Å². The molecular weight excluding hydrogens is 411 g/mol. The third kappa shape index (κ3) is 4.80. The average molecular weight is 439 g/mol. The van der Waals surface area contributed by atoms with E-state index in [0.717, 1.165) is 11.4 Å². The molecule has 1 aliphatic rings. The van der Waals surface area contributed by atoms with Crippen molar-refractivity contribution in [1.82, 2.24) is 15.5 Å². The third-order valence-corrected chi connectivity index (χ3v) is 5.43. The van der Waals surface area contributed by atoms with Crippen LogP contribution < -0.4 is 10.2 Å². The number of hydrogen-bond donors (Lipinski definition) is 1. The molecule has 0 unspecified atom stereocenters. The summed E-state index contributed by atoms with van der Waals surface area (Å²) in [5.74, 6) is -0.175. The Balaban J connectivity index is 1.69. The summed E-state index contributed by atoms with van der Waals surface area (Å²) in [7, 11) is 0. The molecule has 2 atom stereocenters. The van der Waals surface area contributed by atoms with Crippen LogP contribution in [0.25, 0.3) is 11.1 Å². The second kappa shape index (κ2) is 9.08. The van der Waals surface area contributed by atoms with Crippen LogP contribution in [0.3, 0.4) is 0 Å². The van der Waals surface area contributed by atoms with E-state index in [2.05, 4.69) is 20.4 Å². The maximum Gasteiger partial charge on any atom is 0.273 e. The van der Waals surface area contributed by atoms with Gasteiger partial charge in [0.1, 0.15) is 11.6 Å². The standard InChI is InChI=1S/C24H27FN4O3/c1-14-7-18(5-6-26-14)23-19(11-27-24(30)22-8-15(2)32-28-22)9-20(10-21(23)25)29-12-16(3)31-17(4)13-29/h5-10,16-17H,11-13H2,1-4H3,(H,27,30)/t16-,17+. The summed E-state index contributed by atoms with van der Waals surface area (Å²) in [5.41, 5.74) is 3.58. The lowest BCUT2D eigenvalue weighted by atomic mass is 9.97. The van der Waals surface area contributed by atoms with E-state index in [4.69, 9.17) is 9.26 Å². The van der Waals surface area contributed by atoms with Crippen molar-refractivity contribution in [2.24, 2.45) is 0 Å². The zero-order valence-corrected chi connectivity index (χ0v) is 18.7. The van der Waals surface area contributed by atoms with Crippen LogP contribution in [0.5, 0.6) is 0 Å². The zero-order chi connectivity index (χ0) is 22.8. The van der Waals surface area contributed by atoms with Gasteiger partial charge in [-0.15, -0.1) is 0 Å². The lowest BCUT2D eigenvalue weighted by Crippen LogP contribution is -2.45. The van der Waals surface area contributed by atoms with Crippen molar-refractivity contribution in [3.05, 3.63) is 65.1 Å². The van der Waals surface area contributed by atoms with E-state index in [1.807, 2.05) is 32.9 Å². The molecular formula is C24H27FN4O3. The fourth-order valence-corrected chi connectivity index (χ4v) is 4.12. The maximum atomic E-state index is 15.5. The minimum Gasteiger partial charge on any atom is -0.372 e. The number of amides is 1. The van der Waals surface area contributed by atoms with E-state index in [1.54, 1.807) is 31.3 Å². The van der Waals surface area contributed by atoms with Crippen molar-refractivity contribution in [2.45, 2.75) is 46.4 Å². The largest absolute Gasteiger partial charge is 0.372 e. The first-order valence-electron chi connectivity index (χ1n) is 10.7. The summed E-state index contributed by atoms with van der Waals surface area (Å²) in [6.45, 7) is 9.07. The molecule has 4 rings (SSSR count). The Morgan fingerprint density at radius 3 is 2.59 bits per heavy atom. The summed E-state index contributed by atoms with van der Waals surface area (Å²) >= 11 is 0. The van der Waals surface area contributed by atoms with Gasteiger partial charge in [0.05, 0.1) is 12.2 Å². The summed E-state index contributed by atoms with van der Waals surface area (Å²) in [6.07, 6.45) is 1.75. The molecule has 0 radical (unpaired) electrons. The number of nitrogens with zero attached hydrogens (tertiary/aromatic N) is 3. The number of anilines is 1. The van der Waals surface area contributed by atoms with Crippen LogP contribution in [-0.4, -0.2) is 41.3 Å². The average Bonchev–Trinajstić information content (AvgIpc) is 3.17. The summed E-state index contributed by atoms with van der Waals surface area (Å²) in [6, 6.07) is 8.67. The summed E-state index contributed by atoms with van der Waals surface area (Å²) in [5, 5.41) is 6.60. The molecule has 0 aliphatic carbocycles. The van der Waals surface area contributed by atoms with Crippen molar-refractivity contribution in [3.8, 4) is 11.1 Å². The molecule has 1 aromatic carbocycles. The molecule has 2 aromatic heterocycles. The number of aromatic nitrogens is 2. The van der Waals surface area contributed by atoms with Gasteiger partial charge in [-0.25, -0.2) is 4.39 Å². The van der Waals surface area contributed by atoms with Crippen molar-refractivity contribution in [3.63, 3.8) is 0 Å². The van der Waals surface area contributed by atoms with Crippen LogP contribution in [-0.2, 0) is 11.3 Å². The molecule has 0 saturated carbocycles. The highest BCUT2D eigenvalue weighted by atomic mass is 19.1. The number of carbonyl (C=O) groups excluding carboxylic acids is 1. The topological polar surface area (TPSA) is 80.5 Å². The Kier molecular flexibility index (Phi) is 6.23. The Morgan fingerprint density at radius 1 is 1.19 bits per heavy atom. The first-order valence-corrected chi connectivity index (χ1v) is 10.7. The highest BCUT2D eigenvalue weighted by Gasteiger charge is 2.25. The van der Waals surface area contributed by atoms with Crippen molar-refractivity contribution in [2.75, 3.05) is 18.0 Å². The van der Waals surface area contributed by atoms with Gasteiger partial charge in [-0.3, -0.25) is 9.78 Å². The molecule has 1 aliphatic heterocycles. The van der Waals surface area contributed by atoms with E-state index in [0.29, 0.717) is 35.5 Å². The monoisotopic (exact) mass is 438 g/mol. The van der Waals surface area contributed by atoms with Crippen LogP contribution in [0.15, 0.2) is 41.1 Å². The van der Waals surface area contributed by atoms with Gasteiger partial charge in [0.15, 0.2) is 5.69 Å². The van der Waals surface area contributed by atoms with Crippen molar-refractivity contribution >= 4 is 11.6 Å². The Labute approximate surface area is 186 Å². The molecule has 7 nitrogen and oxygen atoms in total. The van der Waals surface area contributed by atoms with Crippen LogP contribution in [0.1, 0.15) is 41.4 Å². The number of halogens is 1. The molecule has 1 fully saturated rings. The van der Waals surface area contributed by atoms with Crippen LogP contribution >= 0.6 is 0 Å². The Bertz CT molecular complexity index is 1120. The number of carbonyl (C=O) groups is 1. The molecule has 1 amide bonds. The third-order valence-electron chi connectivity index (χ3n) is 5.43. The fourth-order valence-electron chi connectivity index (χ4n) is 4.12. The number of pyridine rings is 1. The van der Waals surface area contributed by atoms with E-state index in [1.165, 1.54) is 0 Å². The molecule has 0 spiro atoms. The zero-order valence-electron chi connectivity index (χ0n) is 18.7. The second-order valence-corrected chi connectivity index (χ2v) is 8.32. The van der Waals surface area contributed by atoms with Crippen molar-refractivity contribution < 1.29 is 18.4 Å². The number of benzene rings is 1. The highest BCUT2D eigenvalue weighted by molar-refractivity contribution is 5.92. The van der Waals surface area contributed by atoms with E-state index in [-0.39, 0.29) is 36.2 Å². The Hall–Kier alpha value is -3.26. The molecule has 3 heterocycles. The van der Waals surface area contributed by atoms with Crippen LogP contribution in [0, 0.1) is 19.7 Å². The van der Waals surface area contributed by atoms with Gasteiger partial charge in [-0.05, 0) is 63.1 Å². The summed E-state index contributed by atoms with van der Waals surface area (Å²) in [4.78, 5) is 18.9. The first kappa shape index (κ1) is 22.0. The van der Waals surface area contributed by atoms with Gasteiger partial charge in [0, 0.05) is 48.8 Å². The predicted octanol–water partition coefficient (Wildman–Crippen LogP) is 4.04. The smallest absolute Gasteiger partial charge is 0.273 e. The van der Waals surface area contributed by atoms with Gasteiger partial charge in [0.25, 0.3) is 5.91 Å². The number of rotatable bonds is 5. The summed E-state index contributed by atoms with van der Waals surface area (Å²) < 4.78 is 26.3. The molecule has 1 saturated heterocycles. The van der Waals surface area contributed by atoms with Gasteiger partial charge < -0.3 is 19.5 Å². The van der Waals surface area contributed by atoms with Gasteiger partial charge in [-0.2, -0.15) is 0 Å². The molecule has 0 bridgehead atoms. The second-order valence-electron chi connectivity index (χ2n) is 8.32. The fraction of sp³-hybridized carbons (Fsp3) is 0.375. The van der Waals surface area contributed by atoms with E-state index in [9.17, 15) is 4.79 Å². The van der Waals surface area contributed by atoms with Gasteiger partial charge in [0.2, 0.25) is 0 Å². The quantitative estimate of drug-likeness (QED) is 0.648. The molecule has 32 heavy (non-hydrogen) atoms. The number of ether oxygens (including phenoxy) is 1. The van der Waals surface area contributed by atoms with Gasteiger partial charge >= 0.3 is 0 Å². The predicted molar refractivity (Wildman–Crippen MR) is 119 cm³/mol. The number of morpholine rings is 1. The lowest BCUT2D eigenvalue weighted by molar-refractivity contribution is -0.00523.